The fourth-order valence-corrected chi connectivity index (χ4v) is 1.81. The Morgan fingerprint density at radius 2 is 2.26 bits per heavy atom. The molecule has 0 aliphatic heterocycles. The lowest BCUT2D eigenvalue weighted by Crippen LogP contribution is -2.13. The Hall–Kier alpha value is -2.44. The van der Waals surface area contributed by atoms with Gasteiger partial charge in [-0.3, -0.25) is 4.79 Å². The van der Waals surface area contributed by atoms with Crippen LogP contribution in [-0.4, -0.2) is 32.7 Å². The summed E-state index contributed by atoms with van der Waals surface area (Å²) in [6, 6.07) is 3.35. The fraction of sp³-hybridized carbons (Fsp3) is 0.333. The molecule has 2 aromatic rings. The maximum absolute atomic E-state index is 11.1. The average Bonchev–Trinajstić information content (AvgIpc) is 3.14. The maximum Gasteiger partial charge on any atom is 0.269 e. The van der Waals surface area contributed by atoms with Crippen LogP contribution in [0.5, 0.6) is 0 Å². The van der Waals surface area contributed by atoms with Crippen molar-refractivity contribution in [2.75, 3.05) is 12.4 Å². The van der Waals surface area contributed by atoms with Crippen molar-refractivity contribution in [3.8, 4) is 5.82 Å². The topological polar surface area (TPSA) is 98.7 Å². The molecule has 3 N–H and O–H groups in total. The van der Waals surface area contributed by atoms with Crippen molar-refractivity contribution in [2.24, 2.45) is 5.73 Å². The van der Waals surface area contributed by atoms with Gasteiger partial charge in [-0.15, -0.1) is 0 Å². The summed E-state index contributed by atoms with van der Waals surface area (Å²) in [5, 5.41) is 7.11. The average molecular weight is 258 g/mol. The summed E-state index contributed by atoms with van der Waals surface area (Å²) in [5.74, 6) is 2.08. The third-order valence-corrected chi connectivity index (χ3v) is 3.00. The van der Waals surface area contributed by atoms with E-state index in [-0.39, 0.29) is 5.69 Å². The molecule has 0 spiro atoms. The number of nitrogens with one attached hydrogen (secondary N) is 1. The van der Waals surface area contributed by atoms with Crippen LogP contribution in [0.2, 0.25) is 0 Å². The van der Waals surface area contributed by atoms with Crippen molar-refractivity contribution in [1.29, 1.82) is 0 Å². The number of hydrogen-bond acceptors (Lipinski definition) is 5. The molecule has 0 bridgehead atoms. The minimum atomic E-state index is -0.552. The summed E-state index contributed by atoms with van der Waals surface area (Å²) in [6.45, 7) is 0. The first kappa shape index (κ1) is 11.6. The lowest BCUT2D eigenvalue weighted by molar-refractivity contribution is 0.0995. The highest BCUT2D eigenvalue weighted by Crippen LogP contribution is 2.38. The largest absolute Gasteiger partial charge is 0.373 e. The fourth-order valence-electron chi connectivity index (χ4n) is 1.81. The van der Waals surface area contributed by atoms with Gasteiger partial charge in [0.25, 0.3) is 5.91 Å². The normalized spacial score (nSPS) is 14.4. The molecule has 0 atom stereocenters. The highest BCUT2D eigenvalue weighted by Gasteiger charge is 2.27. The highest BCUT2D eigenvalue weighted by molar-refractivity contribution is 5.90. The smallest absolute Gasteiger partial charge is 0.269 e. The predicted octanol–water partition coefficient (Wildman–Crippen LogP) is 0.680. The zero-order valence-corrected chi connectivity index (χ0v) is 10.5. The molecule has 3 rings (SSSR count). The van der Waals surface area contributed by atoms with E-state index < -0.39 is 5.91 Å². The number of amides is 1. The number of rotatable bonds is 4. The first-order valence-electron chi connectivity index (χ1n) is 6.10. The van der Waals surface area contributed by atoms with Gasteiger partial charge in [-0.25, -0.2) is 14.6 Å². The van der Waals surface area contributed by atoms with Gasteiger partial charge in [-0.2, -0.15) is 5.10 Å². The summed E-state index contributed by atoms with van der Waals surface area (Å²) in [7, 11) is 1.81. The second-order valence-electron chi connectivity index (χ2n) is 4.50. The standard InChI is InChI=1S/C12H14N6O/c1-14-9-6-10(16-12(15-9)7-2-3-7)18-5-4-8(17-18)11(13)19/h4-7H,2-3H2,1H3,(H2,13,19)(H,14,15,16). The molecule has 19 heavy (non-hydrogen) atoms. The summed E-state index contributed by atoms with van der Waals surface area (Å²) >= 11 is 0. The number of nitrogens with zero attached hydrogens (tertiary/aromatic N) is 4. The van der Waals surface area contributed by atoms with E-state index in [0.717, 1.165) is 24.5 Å². The second-order valence-corrected chi connectivity index (χ2v) is 4.50. The minimum absolute atomic E-state index is 0.220. The van der Waals surface area contributed by atoms with Crippen molar-refractivity contribution in [2.45, 2.75) is 18.8 Å². The van der Waals surface area contributed by atoms with Crippen LogP contribution in [-0.2, 0) is 0 Å². The Labute approximate surface area is 109 Å². The van der Waals surface area contributed by atoms with Gasteiger partial charge in [0.05, 0.1) is 0 Å². The lowest BCUT2D eigenvalue weighted by Gasteiger charge is -2.07. The minimum Gasteiger partial charge on any atom is -0.373 e. The molecule has 2 heterocycles. The third-order valence-electron chi connectivity index (χ3n) is 3.00. The van der Waals surface area contributed by atoms with E-state index >= 15 is 0 Å². The SMILES string of the molecule is CNc1cc(-n2ccc(C(N)=O)n2)nc(C2CC2)n1. The number of hydrogen-bond donors (Lipinski definition) is 2. The van der Waals surface area contributed by atoms with E-state index in [9.17, 15) is 4.79 Å². The molecule has 0 radical (unpaired) electrons. The highest BCUT2D eigenvalue weighted by atomic mass is 16.1. The number of carbonyl (C=O) groups is 1. The van der Waals surface area contributed by atoms with Crippen LogP contribution in [0.4, 0.5) is 5.82 Å². The van der Waals surface area contributed by atoms with Crippen LogP contribution in [0.15, 0.2) is 18.3 Å². The van der Waals surface area contributed by atoms with Gasteiger partial charge < -0.3 is 11.1 Å². The molecular formula is C12H14N6O. The number of carbonyl (C=O) groups excluding carboxylic acids is 1. The van der Waals surface area contributed by atoms with E-state index in [1.807, 2.05) is 0 Å². The Kier molecular flexibility index (Phi) is 2.66. The quantitative estimate of drug-likeness (QED) is 0.840. The van der Waals surface area contributed by atoms with Crippen molar-refractivity contribution in [3.63, 3.8) is 0 Å². The van der Waals surface area contributed by atoms with E-state index in [1.54, 1.807) is 25.4 Å². The lowest BCUT2D eigenvalue weighted by atomic mass is 10.4. The van der Waals surface area contributed by atoms with Crippen molar-refractivity contribution >= 4 is 11.7 Å². The molecule has 1 amide bonds. The maximum atomic E-state index is 11.1. The molecule has 0 aromatic carbocycles. The van der Waals surface area contributed by atoms with Crippen LogP contribution < -0.4 is 11.1 Å². The molecule has 0 saturated heterocycles. The van der Waals surface area contributed by atoms with Gasteiger partial charge in [0.2, 0.25) is 0 Å². The number of aromatic nitrogens is 4. The van der Waals surface area contributed by atoms with Gasteiger partial charge in [-0.1, -0.05) is 0 Å². The van der Waals surface area contributed by atoms with Crippen LogP contribution in [0.3, 0.4) is 0 Å². The number of nitrogens with two attached hydrogens (primary N) is 1. The second kappa shape index (κ2) is 4.34. The summed E-state index contributed by atoms with van der Waals surface area (Å²) in [6.07, 6.45) is 3.91. The van der Waals surface area contributed by atoms with Crippen LogP contribution in [0.25, 0.3) is 5.82 Å². The number of primary amides is 1. The summed E-state index contributed by atoms with van der Waals surface area (Å²) in [4.78, 5) is 20.0. The number of anilines is 1. The van der Waals surface area contributed by atoms with E-state index in [1.165, 1.54) is 4.68 Å². The molecule has 2 aromatic heterocycles. The van der Waals surface area contributed by atoms with Gasteiger partial charge in [0.15, 0.2) is 5.82 Å². The van der Waals surface area contributed by atoms with Gasteiger partial charge >= 0.3 is 0 Å². The Morgan fingerprint density at radius 1 is 1.47 bits per heavy atom. The zero-order valence-electron chi connectivity index (χ0n) is 10.5. The first-order chi connectivity index (χ1) is 9.17. The molecule has 0 unspecified atom stereocenters. The monoisotopic (exact) mass is 258 g/mol. The van der Waals surface area contributed by atoms with Gasteiger partial charge in [0, 0.05) is 25.2 Å². The molecular weight excluding hydrogens is 244 g/mol. The van der Waals surface area contributed by atoms with Crippen molar-refractivity contribution in [3.05, 3.63) is 29.8 Å². The molecule has 1 aliphatic carbocycles. The zero-order chi connectivity index (χ0) is 13.4. The van der Waals surface area contributed by atoms with Crippen molar-refractivity contribution in [1.82, 2.24) is 19.7 Å². The van der Waals surface area contributed by atoms with Gasteiger partial charge in [-0.05, 0) is 18.9 Å². The van der Waals surface area contributed by atoms with Crippen LogP contribution in [0, 0.1) is 0 Å². The Morgan fingerprint density at radius 3 is 2.84 bits per heavy atom. The Bertz CT molecular complexity index is 631. The van der Waals surface area contributed by atoms with E-state index in [2.05, 4.69) is 20.4 Å². The molecule has 7 nitrogen and oxygen atoms in total. The summed E-state index contributed by atoms with van der Waals surface area (Å²) < 4.78 is 1.54. The first-order valence-corrected chi connectivity index (χ1v) is 6.10. The van der Waals surface area contributed by atoms with Gasteiger partial charge in [0.1, 0.15) is 17.3 Å². The molecule has 98 valence electrons. The van der Waals surface area contributed by atoms with E-state index in [4.69, 9.17) is 5.73 Å². The molecule has 1 aliphatic rings. The molecule has 1 saturated carbocycles. The van der Waals surface area contributed by atoms with E-state index in [0.29, 0.717) is 11.7 Å². The summed E-state index contributed by atoms with van der Waals surface area (Å²) in [5.41, 5.74) is 5.41. The third kappa shape index (κ3) is 2.26. The van der Waals surface area contributed by atoms with Crippen LogP contribution >= 0.6 is 0 Å². The van der Waals surface area contributed by atoms with Crippen molar-refractivity contribution < 1.29 is 4.79 Å². The molecule has 1 fully saturated rings. The Balaban J connectivity index is 2.02. The predicted molar refractivity (Wildman–Crippen MR) is 69.2 cm³/mol. The van der Waals surface area contributed by atoms with Crippen LogP contribution in [0.1, 0.15) is 35.1 Å². The molecule has 7 heteroatoms.